The third-order valence-electron chi connectivity index (χ3n) is 3.88. The largest absolute Gasteiger partial charge is 0.394 e. The van der Waals surface area contributed by atoms with E-state index < -0.39 is 18.3 Å². The van der Waals surface area contributed by atoms with Crippen molar-refractivity contribution >= 4 is 34.2 Å². The van der Waals surface area contributed by atoms with Gasteiger partial charge in [-0.2, -0.15) is 8.42 Å². The summed E-state index contributed by atoms with van der Waals surface area (Å²) in [6.45, 7) is 6.43. The Labute approximate surface area is 162 Å². The Morgan fingerprint density at radius 1 is 0.556 bits per heavy atom. The lowest BCUT2D eigenvalue weighted by molar-refractivity contribution is 0.381. The Balaban J connectivity index is 0.000000465. The Morgan fingerprint density at radius 2 is 0.741 bits per heavy atom. The van der Waals surface area contributed by atoms with Gasteiger partial charge in [0.1, 0.15) is 0 Å². The molecule has 0 radical (unpaired) electrons. The van der Waals surface area contributed by atoms with Crippen molar-refractivity contribution < 1.29 is 17.5 Å². The van der Waals surface area contributed by atoms with Gasteiger partial charge in [0.2, 0.25) is 0 Å². The molecule has 0 heterocycles. The van der Waals surface area contributed by atoms with Crippen LogP contribution < -0.4 is 15.9 Å². The molecular formula is C21H23O4PS. The standard InChI is InChI=1S/C21H21P.H2O4S/c1-16-4-10-19(11-5-16)22(20-12-6-17(2)7-13-20)21-14-8-18(3)9-15-21;1-5(2,3)4/h4-15H,1-3H3;(H2,1,2,3,4). The zero-order chi connectivity index (χ0) is 20.0. The van der Waals surface area contributed by atoms with Crippen molar-refractivity contribution in [3.05, 3.63) is 89.5 Å². The molecule has 0 saturated carbocycles. The fourth-order valence-electron chi connectivity index (χ4n) is 2.53. The van der Waals surface area contributed by atoms with Gasteiger partial charge in [-0.3, -0.25) is 9.11 Å². The monoisotopic (exact) mass is 402 g/mol. The molecule has 6 heteroatoms. The second-order valence-corrected chi connectivity index (χ2v) is 9.41. The van der Waals surface area contributed by atoms with Gasteiger partial charge in [-0.05, 0) is 44.6 Å². The molecule has 0 saturated heterocycles. The normalized spacial score (nSPS) is 11.0. The summed E-state index contributed by atoms with van der Waals surface area (Å²) >= 11 is 0. The van der Waals surface area contributed by atoms with E-state index in [1.54, 1.807) is 0 Å². The Morgan fingerprint density at radius 3 is 0.926 bits per heavy atom. The zero-order valence-corrected chi connectivity index (χ0v) is 17.2. The van der Waals surface area contributed by atoms with E-state index in [-0.39, 0.29) is 0 Å². The summed E-state index contributed by atoms with van der Waals surface area (Å²) in [6, 6.07) is 27.0. The fraction of sp³-hybridized carbons (Fsp3) is 0.143. The van der Waals surface area contributed by atoms with E-state index >= 15 is 0 Å². The lowest BCUT2D eigenvalue weighted by Crippen LogP contribution is -2.20. The molecule has 0 aliphatic rings. The number of aryl methyl sites for hydroxylation is 3. The highest BCUT2D eigenvalue weighted by molar-refractivity contribution is 7.80. The summed E-state index contributed by atoms with van der Waals surface area (Å²) in [5.74, 6) is 0. The van der Waals surface area contributed by atoms with Gasteiger partial charge in [-0.15, -0.1) is 0 Å². The van der Waals surface area contributed by atoms with Crippen molar-refractivity contribution in [3.8, 4) is 0 Å². The summed E-state index contributed by atoms with van der Waals surface area (Å²) in [4.78, 5) is 0. The van der Waals surface area contributed by atoms with Crippen LogP contribution in [0, 0.1) is 20.8 Å². The van der Waals surface area contributed by atoms with E-state index in [2.05, 4.69) is 93.6 Å². The highest BCUT2D eigenvalue weighted by Crippen LogP contribution is 2.32. The lowest BCUT2D eigenvalue weighted by Gasteiger charge is -2.20. The van der Waals surface area contributed by atoms with Crippen LogP contribution in [0.4, 0.5) is 0 Å². The minimum Gasteiger partial charge on any atom is -0.264 e. The van der Waals surface area contributed by atoms with Crippen LogP contribution in [-0.4, -0.2) is 17.5 Å². The molecule has 3 aromatic rings. The van der Waals surface area contributed by atoms with Gasteiger partial charge in [0, 0.05) is 0 Å². The molecule has 0 aromatic heterocycles. The summed E-state index contributed by atoms with van der Waals surface area (Å²) in [7, 11) is -5.15. The molecule has 3 aromatic carbocycles. The first-order chi connectivity index (χ1) is 12.6. The van der Waals surface area contributed by atoms with Crippen LogP contribution in [0.3, 0.4) is 0 Å². The molecule has 27 heavy (non-hydrogen) atoms. The number of hydrogen-bond donors (Lipinski definition) is 2. The maximum atomic E-state index is 8.74. The molecule has 142 valence electrons. The SMILES string of the molecule is Cc1ccc(P(c2ccc(C)cc2)c2ccc(C)cc2)cc1.O=S(=O)(O)O. The fourth-order valence-corrected chi connectivity index (χ4v) is 4.76. The molecule has 0 fully saturated rings. The first kappa shape index (κ1) is 21.3. The summed E-state index contributed by atoms with van der Waals surface area (Å²) in [5, 5.41) is 4.23. The van der Waals surface area contributed by atoms with Crippen LogP contribution in [0.2, 0.25) is 0 Å². The van der Waals surface area contributed by atoms with Gasteiger partial charge >= 0.3 is 10.4 Å². The molecule has 3 rings (SSSR count). The van der Waals surface area contributed by atoms with Gasteiger partial charge in [0.25, 0.3) is 0 Å². The van der Waals surface area contributed by atoms with Crippen LogP contribution in [0.25, 0.3) is 0 Å². The minimum atomic E-state index is -4.67. The van der Waals surface area contributed by atoms with Gasteiger partial charge < -0.3 is 0 Å². The molecule has 0 aliphatic carbocycles. The quantitative estimate of drug-likeness (QED) is 0.517. The van der Waals surface area contributed by atoms with E-state index in [0.717, 1.165) is 0 Å². The van der Waals surface area contributed by atoms with E-state index in [0.29, 0.717) is 0 Å². The van der Waals surface area contributed by atoms with Crippen LogP contribution >= 0.6 is 7.92 Å². The summed E-state index contributed by atoms with van der Waals surface area (Å²) < 4.78 is 31.6. The molecule has 0 atom stereocenters. The molecule has 0 spiro atoms. The molecular weight excluding hydrogens is 379 g/mol. The van der Waals surface area contributed by atoms with Crippen molar-refractivity contribution in [2.45, 2.75) is 20.8 Å². The van der Waals surface area contributed by atoms with Crippen LogP contribution in [0.1, 0.15) is 16.7 Å². The van der Waals surface area contributed by atoms with Gasteiger partial charge in [0.05, 0.1) is 0 Å². The number of hydrogen-bond acceptors (Lipinski definition) is 2. The molecule has 0 amide bonds. The highest BCUT2D eigenvalue weighted by Gasteiger charge is 2.16. The second-order valence-electron chi connectivity index (χ2n) is 6.29. The van der Waals surface area contributed by atoms with Crippen molar-refractivity contribution in [2.75, 3.05) is 0 Å². The first-order valence-electron chi connectivity index (χ1n) is 8.33. The molecule has 0 aliphatic heterocycles. The number of rotatable bonds is 3. The molecule has 0 unspecified atom stereocenters. The lowest BCUT2D eigenvalue weighted by atomic mass is 10.2. The average Bonchev–Trinajstić information content (AvgIpc) is 2.59. The van der Waals surface area contributed by atoms with E-state index in [1.165, 1.54) is 32.6 Å². The average molecular weight is 402 g/mol. The Hall–Kier alpha value is -2.04. The smallest absolute Gasteiger partial charge is 0.264 e. The maximum absolute atomic E-state index is 8.74. The Kier molecular flexibility index (Phi) is 7.28. The predicted octanol–water partition coefficient (Wildman–Crippen LogP) is 3.72. The minimum absolute atomic E-state index is 0.483. The zero-order valence-electron chi connectivity index (χ0n) is 15.5. The van der Waals surface area contributed by atoms with E-state index in [4.69, 9.17) is 17.5 Å². The summed E-state index contributed by atoms with van der Waals surface area (Å²) in [6.07, 6.45) is 0. The van der Waals surface area contributed by atoms with Gasteiger partial charge in [-0.25, -0.2) is 0 Å². The summed E-state index contributed by atoms with van der Waals surface area (Å²) in [5.41, 5.74) is 3.93. The van der Waals surface area contributed by atoms with Crippen molar-refractivity contribution in [1.82, 2.24) is 0 Å². The van der Waals surface area contributed by atoms with Crippen molar-refractivity contribution in [1.29, 1.82) is 0 Å². The maximum Gasteiger partial charge on any atom is 0.394 e. The Bertz CT molecular complexity index is 848. The van der Waals surface area contributed by atoms with Gasteiger partial charge in [0.15, 0.2) is 0 Å². The third kappa shape index (κ3) is 7.24. The molecule has 0 bridgehead atoms. The second kappa shape index (κ2) is 9.25. The van der Waals surface area contributed by atoms with E-state index in [9.17, 15) is 0 Å². The molecule has 2 N–H and O–H groups in total. The first-order valence-corrected chi connectivity index (χ1v) is 11.1. The third-order valence-corrected chi connectivity index (χ3v) is 6.32. The highest BCUT2D eigenvalue weighted by atomic mass is 32.3. The van der Waals surface area contributed by atoms with Crippen LogP contribution in [0.15, 0.2) is 72.8 Å². The predicted molar refractivity (Wildman–Crippen MR) is 114 cm³/mol. The topological polar surface area (TPSA) is 74.6 Å². The van der Waals surface area contributed by atoms with Crippen LogP contribution in [-0.2, 0) is 10.4 Å². The van der Waals surface area contributed by atoms with Crippen LogP contribution in [0.5, 0.6) is 0 Å². The van der Waals surface area contributed by atoms with Crippen molar-refractivity contribution in [2.24, 2.45) is 0 Å². The van der Waals surface area contributed by atoms with Gasteiger partial charge in [-0.1, -0.05) is 89.5 Å². The van der Waals surface area contributed by atoms with Crippen molar-refractivity contribution in [3.63, 3.8) is 0 Å². The number of benzene rings is 3. The molecule has 4 nitrogen and oxygen atoms in total. The van der Waals surface area contributed by atoms with E-state index in [1.807, 2.05) is 0 Å².